The van der Waals surface area contributed by atoms with Crippen molar-refractivity contribution in [3.05, 3.63) is 18.3 Å². The SMILES string of the molecule is COc1cccnc1OC1CCCC(N)C1. The van der Waals surface area contributed by atoms with Crippen LogP contribution in [0.4, 0.5) is 0 Å². The van der Waals surface area contributed by atoms with Crippen LogP contribution < -0.4 is 15.2 Å². The molecule has 4 heteroatoms. The minimum atomic E-state index is 0.174. The van der Waals surface area contributed by atoms with E-state index in [-0.39, 0.29) is 12.1 Å². The molecule has 0 aliphatic heterocycles. The van der Waals surface area contributed by atoms with E-state index in [1.54, 1.807) is 13.3 Å². The van der Waals surface area contributed by atoms with Crippen molar-refractivity contribution in [3.63, 3.8) is 0 Å². The summed E-state index contributed by atoms with van der Waals surface area (Å²) in [6, 6.07) is 3.94. The van der Waals surface area contributed by atoms with Gasteiger partial charge in [-0.3, -0.25) is 0 Å². The fourth-order valence-corrected chi connectivity index (χ4v) is 2.07. The normalized spacial score (nSPS) is 25.1. The molecule has 2 atom stereocenters. The van der Waals surface area contributed by atoms with Gasteiger partial charge in [0.15, 0.2) is 5.75 Å². The van der Waals surface area contributed by atoms with Crippen LogP contribution in [0.5, 0.6) is 11.6 Å². The number of hydrogen-bond donors (Lipinski definition) is 1. The van der Waals surface area contributed by atoms with Crippen LogP contribution in [0.3, 0.4) is 0 Å². The van der Waals surface area contributed by atoms with E-state index >= 15 is 0 Å². The zero-order valence-corrected chi connectivity index (χ0v) is 9.56. The highest BCUT2D eigenvalue weighted by Gasteiger charge is 2.22. The first-order chi connectivity index (χ1) is 7.79. The molecule has 1 heterocycles. The molecule has 0 spiro atoms. The maximum Gasteiger partial charge on any atom is 0.257 e. The van der Waals surface area contributed by atoms with Crippen molar-refractivity contribution in [3.8, 4) is 11.6 Å². The van der Waals surface area contributed by atoms with Gasteiger partial charge in [-0.1, -0.05) is 0 Å². The lowest BCUT2D eigenvalue weighted by molar-refractivity contribution is 0.133. The molecule has 0 saturated heterocycles. The molecule has 1 aliphatic carbocycles. The molecule has 1 aliphatic rings. The minimum Gasteiger partial charge on any atom is -0.491 e. The van der Waals surface area contributed by atoms with Gasteiger partial charge in [0, 0.05) is 12.2 Å². The van der Waals surface area contributed by atoms with E-state index in [0.29, 0.717) is 11.6 Å². The summed E-state index contributed by atoms with van der Waals surface area (Å²) in [7, 11) is 1.62. The quantitative estimate of drug-likeness (QED) is 0.846. The van der Waals surface area contributed by atoms with Crippen molar-refractivity contribution in [1.82, 2.24) is 4.98 Å². The Morgan fingerprint density at radius 1 is 1.44 bits per heavy atom. The fraction of sp³-hybridized carbons (Fsp3) is 0.583. The third-order valence-corrected chi connectivity index (χ3v) is 2.90. The van der Waals surface area contributed by atoms with Gasteiger partial charge in [-0.15, -0.1) is 0 Å². The van der Waals surface area contributed by atoms with E-state index < -0.39 is 0 Å². The lowest BCUT2D eigenvalue weighted by Crippen LogP contribution is -2.33. The van der Waals surface area contributed by atoms with Crippen LogP contribution >= 0.6 is 0 Å². The molecule has 88 valence electrons. The molecule has 2 unspecified atom stereocenters. The Morgan fingerprint density at radius 2 is 2.31 bits per heavy atom. The third-order valence-electron chi connectivity index (χ3n) is 2.90. The molecule has 0 aromatic carbocycles. The molecule has 1 saturated carbocycles. The van der Waals surface area contributed by atoms with Crippen LogP contribution in [0.2, 0.25) is 0 Å². The van der Waals surface area contributed by atoms with E-state index in [9.17, 15) is 0 Å². The van der Waals surface area contributed by atoms with Crippen LogP contribution in [-0.4, -0.2) is 24.2 Å². The first-order valence-corrected chi connectivity index (χ1v) is 5.71. The highest BCUT2D eigenvalue weighted by molar-refractivity contribution is 5.32. The second-order valence-electron chi connectivity index (χ2n) is 4.18. The van der Waals surface area contributed by atoms with Crippen molar-refractivity contribution >= 4 is 0 Å². The summed E-state index contributed by atoms with van der Waals surface area (Å²) < 4.78 is 11.0. The smallest absolute Gasteiger partial charge is 0.257 e. The Morgan fingerprint density at radius 3 is 3.06 bits per heavy atom. The number of nitrogens with two attached hydrogens (primary N) is 1. The van der Waals surface area contributed by atoms with E-state index in [0.717, 1.165) is 25.7 Å². The van der Waals surface area contributed by atoms with Crippen LogP contribution in [0.1, 0.15) is 25.7 Å². The monoisotopic (exact) mass is 222 g/mol. The summed E-state index contributed by atoms with van der Waals surface area (Å²) in [6.07, 6.45) is 6.06. The molecule has 16 heavy (non-hydrogen) atoms. The van der Waals surface area contributed by atoms with Crippen molar-refractivity contribution in [2.75, 3.05) is 7.11 Å². The number of hydrogen-bond acceptors (Lipinski definition) is 4. The summed E-state index contributed by atoms with van der Waals surface area (Å²) in [5, 5.41) is 0. The first kappa shape index (κ1) is 11.2. The average molecular weight is 222 g/mol. The van der Waals surface area contributed by atoms with Crippen molar-refractivity contribution in [2.24, 2.45) is 5.73 Å². The van der Waals surface area contributed by atoms with Gasteiger partial charge in [0.25, 0.3) is 5.88 Å². The van der Waals surface area contributed by atoms with Gasteiger partial charge in [0.2, 0.25) is 0 Å². The van der Waals surface area contributed by atoms with E-state index in [4.69, 9.17) is 15.2 Å². The molecule has 2 rings (SSSR count). The number of rotatable bonds is 3. The highest BCUT2D eigenvalue weighted by atomic mass is 16.5. The third kappa shape index (κ3) is 2.64. The second kappa shape index (κ2) is 5.16. The largest absolute Gasteiger partial charge is 0.491 e. The zero-order valence-electron chi connectivity index (χ0n) is 9.56. The summed E-state index contributed by atoms with van der Waals surface area (Å²) in [6.45, 7) is 0. The van der Waals surface area contributed by atoms with Crippen LogP contribution in [0.15, 0.2) is 18.3 Å². The lowest BCUT2D eigenvalue weighted by atomic mass is 9.94. The highest BCUT2D eigenvalue weighted by Crippen LogP contribution is 2.27. The van der Waals surface area contributed by atoms with Crippen molar-refractivity contribution in [2.45, 2.75) is 37.8 Å². The predicted octanol–water partition coefficient (Wildman–Crippen LogP) is 1.74. The van der Waals surface area contributed by atoms with Gasteiger partial charge in [-0.2, -0.15) is 0 Å². The molecule has 1 aromatic heterocycles. The predicted molar refractivity (Wildman–Crippen MR) is 61.6 cm³/mol. The standard InChI is InChI=1S/C12H18N2O2/c1-15-11-6-3-7-14-12(11)16-10-5-2-4-9(13)8-10/h3,6-7,9-10H,2,4-5,8,13H2,1H3. The topological polar surface area (TPSA) is 57.4 Å². The van der Waals surface area contributed by atoms with Crippen LogP contribution in [0, 0.1) is 0 Å². The van der Waals surface area contributed by atoms with Gasteiger partial charge in [0.1, 0.15) is 6.10 Å². The van der Waals surface area contributed by atoms with Gasteiger partial charge >= 0.3 is 0 Å². The number of aromatic nitrogens is 1. The van der Waals surface area contributed by atoms with Gasteiger partial charge in [-0.25, -0.2) is 4.98 Å². The Balaban J connectivity index is 2.02. The zero-order chi connectivity index (χ0) is 11.4. The molecule has 0 bridgehead atoms. The maximum atomic E-state index is 5.92. The first-order valence-electron chi connectivity index (χ1n) is 5.71. The number of pyridine rings is 1. The maximum absolute atomic E-state index is 5.92. The van der Waals surface area contributed by atoms with E-state index in [1.807, 2.05) is 12.1 Å². The summed E-state index contributed by atoms with van der Waals surface area (Å²) in [4.78, 5) is 4.18. The summed E-state index contributed by atoms with van der Waals surface area (Å²) in [5.74, 6) is 1.26. The number of nitrogens with zero attached hydrogens (tertiary/aromatic N) is 1. The average Bonchev–Trinajstić information content (AvgIpc) is 2.30. The van der Waals surface area contributed by atoms with Gasteiger partial charge < -0.3 is 15.2 Å². The molecule has 1 aromatic rings. The van der Waals surface area contributed by atoms with Crippen molar-refractivity contribution < 1.29 is 9.47 Å². The lowest BCUT2D eigenvalue weighted by Gasteiger charge is -2.27. The Labute approximate surface area is 95.8 Å². The Bertz CT molecular complexity index is 344. The van der Waals surface area contributed by atoms with E-state index in [2.05, 4.69) is 4.98 Å². The van der Waals surface area contributed by atoms with Gasteiger partial charge in [-0.05, 0) is 37.8 Å². The molecule has 1 fully saturated rings. The molecule has 2 N–H and O–H groups in total. The second-order valence-corrected chi connectivity index (χ2v) is 4.18. The Hall–Kier alpha value is -1.29. The molecule has 4 nitrogen and oxygen atoms in total. The van der Waals surface area contributed by atoms with E-state index in [1.165, 1.54) is 0 Å². The fourth-order valence-electron chi connectivity index (χ4n) is 2.07. The van der Waals surface area contributed by atoms with Gasteiger partial charge in [0.05, 0.1) is 7.11 Å². The van der Waals surface area contributed by atoms with Crippen LogP contribution in [-0.2, 0) is 0 Å². The minimum absolute atomic E-state index is 0.174. The summed E-state index contributed by atoms with van der Waals surface area (Å²) >= 11 is 0. The van der Waals surface area contributed by atoms with Crippen molar-refractivity contribution in [1.29, 1.82) is 0 Å². The van der Waals surface area contributed by atoms with Crippen LogP contribution in [0.25, 0.3) is 0 Å². The molecule has 0 radical (unpaired) electrons. The Kier molecular flexibility index (Phi) is 3.62. The number of ether oxygens (including phenoxy) is 2. The number of methoxy groups -OCH3 is 1. The summed E-state index contributed by atoms with van der Waals surface area (Å²) in [5.41, 5.74) is 5.92. The molecular formula is C12H18N2O2. The molecular weight excluding hydrogens is 204 g/mol. The molecule has 0 amide bonds.